The van der Waals surface area contributed by atoms with Crippen molar-refractivity contribution in [2.45, 2.75) is 18.2 Å². The first-order valence-electron chi connectivity index (χ1n) is 5.05. The fourth-order valence-electron chi connectivity index (χ4n) is 1.38. The van der Waals surface area contributed by atoms with E-state index in [-0.39, 0.29) is 29.2 Å². The van der Waals surface area contributed by atoms with Gasteiger partial charge >= 0.3 is 5.97 Å². The van der Waals surface area contributed by atoms with E-state index in [2.05, 4.69) is 12.6 Å². The van der Waals surface area contributed by atoms with Gasteiger partial charge in [0.1, 0.15) is 6.07 Å². The molecule has 0 amide bonds. The Morgan fingerprint density at radius 1 is 1.61 bits per heavy atom. The zero-order chi connectivity index (χ0) is 13.7. The Balaban J connectivity index is 3.15. The van der Waals surface area contributed by atoms with Gasteiger partial charge in [0.25, 0.3) is 5.69 Å². The van der Waals surface area contributed by atoms with Crippen molar-refractivity contribution in [3.05, 3.63) is 33.4 Å². The minimum absolute atomic E-state index is 0.00453. The molecule has 18 heavy (non-hydrogen) atoms. The van der Waals surface area contributed by atoms with E-state index in [1.165, 1.54) is 12.1 Å². The molecule has 0 aliphatic heterocycles. The number of carbonyl (C=O) groups excluding carboxylic acids is 1. The molecule has 0 aliphatic rings. The molecule has 0 saturated heterocycles. The zero-order valence-corrected chi connectivity index (χ0v) is 10.4. The molecular formula is C11H10N2O4S. The summed E-state index contributed by atoms with van der Waals surface area (Å²) in [5, 5.41) is 19.6. The SMILES string of the molecule is CCOC(=O)Cc1cc(C#N)c(S)c([N+](=O)[O-])c1. The molecule has 6 nitrogen and oxygen atoms in total. The van der Waals surface area contributed by atoms with Crippen molar-refractivity contribution in [3.8, 4) is 6.07 Å². The van der Waals surface area contributed by atoms with E-state index in [0.29, 0.717) is 5.56 Å². The Morgan fingerprint density at radius 2 is 2.28 bits per heavy atom. The lowest BCUT2D eigenvalue weighted by Crippen LogP contribution is -2.08. The Labute approximate surface area is 109 Å². The largest absolute Gasteiger partial charge is 0.466 e. The number of nitriles is 1. The summed E-state index contributed by atoms with van der Waals surface area (Å²) >= 11 is 3.93. The molecule has 1 aromatic rings. The maximum Gasteiger partial charge on any atom is 0.310 e. The molecule has 1 aromatic carbocycles. The van der Waals surface area contributed by atoms with Crippen LogP contribution in [0.4, 0.5) is 5.69 Å². The highest BCUT2D eigenvalue weighted by atomic mass is 32.1. The topological polar surface area (TPSA) is 93.2 Å². The van der Waals surface area contributed by atoms with Crippen molar-refractivity contribution < 1.29 is 14.5 Å². The van der Waals surface area contributed by atoms with Gasteiger partial charge in [0.05, 0.1) is 28.4 Å². The first-order chi connectivity index (χ1) is 8.49. The van der Waals surface area contributed by atoms with Gasteiger partial charge in [-0.05, 0) is 18.6 Å². The van der Waals surface area contributed by atoms with Gasteiger partial charge in [-0.1, -0.05) is 0 Å². The van der Waals surface area contributed by atoms with Gasteiger partial charge in [-0.25, -0.2) is 0 Å². The molecule has 0 fully saturated rings. The minimum Gasteiger partial charge on any atom is -0.466 e. The van der Waals surface area contributed by atoms with Gasteiger partial charge in [0.2, 0.25) is 0 Å². The number of benzene rings is 1. The van der Waals surface area contributed by atoms with Gasteiger partial charge in [0.15, 0.2) is 0 Å². The van der Waals surface area contributed by atoms with Crippen LogP contribution < -0.4 is 0 Å². The van der Waals surface area contributed by atoms with E-state index in [0.717, 1.165) is 0 Å². The Morgan fingerprint density at radius 3 is 2.78 bits per heavy atom. The maximum atomic E-state index is 11.3. The van der Waals surface area contributed by atoms with Crippen LogP contribution in [0.1, 0.15) is 18.1 Å². The molecule has 0 aromatic heterocycles. The highest BCUT2D eigenvalue weighted by Crippen LogP contribution is 2.28. The molecule has 0 aliphatic carbocycles. The van der Waals surface area contributed by atoms with Gasteiger partial charge in [-0.2, -0.15) is 5.26 Å². The summed E-state index contributed by atoms with van der Waals surface area (Å²) in [6, 6.07) is 4.42. The molecule has 0 bridgehead atoms. The predicted molar refractivity (Wildman–Crippen MR) is 65.4 cm³/mol. The van der Waals surface area contributed by atoms with Crippen LogP contribution in [0.2, 0.25) is 0 Å². The van der Waals surface area contributed by atoms with Gasteiger partial charge in [0, 0.05) is 6.07 Å². The second-order valence-electron chi connectivity index (χ2n) is 3.36. The van der Waals surface area contributed by atoms with Crippen LogP contribution in [-0.4, -0.2) is 17.5 Å². The second kappa shape index (κ2) is 6.02. The fraction of sp³-hybridized carbons (Fsp3) is 0.273. The first-order valence-corrected chi connectivity index (χ1v) is 5.50. The standard InChI is InChI=1S/C11H10N2O4S/c1-2-17-10(14)5-7-3-8(6-12)11(18)9(4-7)13(15)16/h3-4,18H,2,5H2,1H3. The van der Waals surface area contributed by atoms with Crippen LogP contribution in [0, 0.1) is 21.4 Å². The van der Waals surface area contributed by atoms with Crippen molar-refractivity contribution in [1.82, 2.24) is 0 Å². The molecule has 0 atom stereocenters. The smallest absolute Gasteiger partial charge is 0.310 e. The maximum absolute atomic E-state index is 11.3. The van der Waals surface area contributed by atoms with Crippen molar-refractivity contribution in [2.24, 2.45) is 0 Å². The average Bonchev–Trinajstić information content (AvgIpc) is 2.31. The number of hydrogen-bond acceptors (Lipinski definition) is 6. The van der Waals surface area contributed by atoms with Crippen LogP contribution in [-0.2, 0) is 16.0 Å². The number of esters is 1. The lowest BCUT2D eigenvalue weighted by molar-refractivity contribution is -0.387. The van der Waals surface area contributed by atoms with E-state index < -0.39 is 10.9 Å². The van der Waals surface area contributed by atoms with Crippen molar-refractivity contribution in [1.29, 1.82) is 5.26 Å². The predicted octanol–water partition coefficient (Wildman–Crippen LogP) is 1.86. The molecule has 0 saturated carbocycles. The van der Waals surface area contributed by atoms with Gasteiger partial charge in [-0.15, -0.1) is 12.6 Å². The van der Waals surface area contributed by atoms with E-state index in [4.69, 9.17) is 10.00 Å². The van der Waals surface area contributed by atoms with Crippen molar-refractivity contribution >= 4 is 24.3 Å². The Kier molecular flexibility index (Phi) is 4.68. The minimum atomic E-state index is -0.641. The summed E-state index contributed by atoms with van der Waals surface area (Å²) in [7, 11) is 0. The summed E-state index contributed by atoms with van der Waals surface area (Å²) < 4.78 is 4.74. The zero-order valence-electron chi connectivity index (χ0n) is 9.54. The molecule has 0 unspecified atom stereocenters. The molecular weight excluding hydrogens is 256 g/mol. The Hall–Kier alpha value is -2.07. The summed E-state index contributed by atoms with van der Waals surface area (Å²) in [5.41, 5.74) is 0.123. The van der Waals surface area contributed by atoms with Crippen LogP contribution in [0.3, 0.4) is 0 Å². The number of carbonyl (C=O) groups is 1. The summed E-state index contributed by atoms with van der Waals surface area (Å²) in [6.07, 6.45) is -0.114. The van der Waals surface area contributed by atoms with Gasteiger partial charge < -0.3 is 4.74 Å². The Bertz CT molecular complexity index is 537. The van der Waals surface area contributed by atoms with E-state index in [9.17, 15) is 14.9 Å². The monoisotopic (exact) mass is 266 g/mol. The van der Waals surface area contributed by atoms with Crippen molar-refractivity contribution in [2.75, 3.05) is 6.61 Å². The highest BCUT2D eigenvalue weighted by Gasteiger charge is 2.18. The number of ether oxygens (including phenoxy) is 1. The third-order valence-electron chi connectivity index (χ3n) is 2.12. The third-order valence-corrected chi connectivity index (χ3v) is 2.59. The molecule has 0 N–H and O–H groups in total. The van der Waals surface area contributed by atoms with Crippen molar-refractivity contribution in [3.63, 3.8) is 0 Å². The average molecular weight is 266 g/mol. The number of nitrogens with zero attached hydrogens (tertiary/aromatic N) is 2. The van der Waals surface area contributed by atoms with Crippen LogP contribution in [0.5, 0.6) is 0 Å². The second-order valence-corrected chi connectivity index (χ2v) is 3.81. The molecule has 1 rings (SSSR count). The molecule has 94 valence electrons. The number of nitro benzene ring substituents is 1. The first kappa shape index (κ1) is 14.0. The number of thiol groups is 1. The van der Waals surface area contributed by atoms with E-state index >= 15 is 0 Å². The lowest BCUT2D eigenvalue weighted by atomic mass is 10.1. The highest BCUT2D eigenvalue weighted by molar-refractivity contribution is 7.80. The number of rotatable bonds is 4. The summed E-state index contributed by atoms with van der Waals surface area (Å²) in [5.74, 6) is -0.498. The summed E-state index contributed by atoms with van der Waals surface area (Å²) in [4.78, 5) is 21.4. The summed E-state index contributed by atoms with van der Waals surface area (Å²) in [6.45, 7) is 1.90. The van der Waals surface area contributed by atoms with E-state index in [1.807, 2.05) is 0 Å². The van der Waals surface area contributed by atoms with Gasteiger partial charge in [-0.3, -0.25) is 14.9 Å². The van der Waals surface area contributed by atoms with Crippen LogP contribution >= 0.6 is 12.6 Å². The van der Waals surface area contributed by atoms with Crippen LogP contribution in [0.15, 0.2) is 17.0 Å². The molecule has 0 heterocycles. The number of nitro groups is 1. The normalized spacial score (nSPS) is 9.61. The molecule has 0 spiro atoms. The fourth-order valence-corrected chi connectivity index (χ4v) is 1.64. The van der Waals surface area contributed by atoms with E-state index in [1.54, 1.807) is 13.0 Å². The number of hydrogen-bond donors (Lipinski definition) is 1. The quantitative estimate of drug-likeness (QED) is 0.388. The lowest BCUT2D eigenvalue weighted by Gasteiger charge is -2.04. The molecule has 7 heteroatoms. The van der Waals surface area contributed by atoms with Crippen LogP contribution in [0.25, 0.3) is 0 Å². The third kappa shape index (κ3) is 3.21. The molecule has 0 radical (unpaired) electrons.